The van der Waals surface area contributed by atoms with Crippen LogP contribution in [0.25, 0.3) is 22.5 Å². The number of hydrogen-bond acceptors (Lipinski definition) is 5. The smallest absolute Gasteiger partial charge is 0.252 e. The Kier molecular flexibility index (Phi) is 5.77. The third kappa shape index (κ3) is 4.31. The SMILES string of the molecule is O=C(Cc1ccc(-c2ccccc2)cc1)N1CCOC[C@@H]1c1nc(-c2ccccc2)no1. The molecule has 1 amide bonds. The molecule has 0 spiro atoms. The van der Waals surface area contributed by atoms with Gasteiger partial charge in [-0.25, -0.2) is 0 Å². The van der Waals surface area contributed by atoms with Crippen molar-refractivity contribution in [3.05, 3.63) is 96.4 Å². The van der Waals surface area contributed by atoms with E-state index in [9.17, 15) is 4.79 Å². The number of ether oxygens (including phenoxy) is 1. The van der Waals surface area contributed by atoms with E-state index in [0.29, 0.717) is 37.9 Å². The van der Waals surface area contributed by atoms with E-state index in [2.05, 4.69) is 34.4 Å². The maximum absolute atomic E-state index is 13.2. The van der Waals surface area contributed by atoms with Crippen molar-refractivity contribution in [2.75, 3.05) is 19.8 Å². The van der Waals surface area contributed by atoms with Crippen LogP contribution in [0.5, 0.6) is 0 Å². The van der Waals surface area contributed by atoms with E-state index in [1.54, 1.807) is 4.90 Å². The molecule has 0 radical (unpaired) electrons. The highest BCUT2D eigenvalue weighted by Crippen LogP contribution is 2.26. The summed E-state index contributed by atoms with van der Waals surface area (Å²) in [5.41, 5.74) is 4.13. The van der Waals surface area contributed by atoms with Gasteiger partial charge < -0.3 is 14.2 Å². The predicted octanol–water partition coefficient (Wildman–Crippen LogP) is 4.55. The second-order valence-corrected chi connectivity index (χ2v) is 7.74. The summed E-state index contributed by atoms with van der Waals surface area (Å²) in [6.45, 7) is 1.33. The molecule has 0 aliphatic carbocycles. The highest BCUT2D eigenvalue weighted by atomic mass is 16.5. The van der Waals surface area contributed by atoms with Crippen LogP contribution in [0.4, 0.5) is 0 Å². The largest absolute Gasteiger partial charge is 0.377 e. The number of aromatic nitrogens is 2. The van der Waals surface area contributed by atoms with Gasteiger partial charge in [-0.15, -0.1) is 0 Å². The topological polar surface area (TPSA) is 68.5 Å². The molecule has 1 aromatic heterocycles. The van der Waals surface area contributed by atoms with Gasteiger partial charge in [-0.1, -0.05) is 90.1 Å². The maximum atomic E-state index is 13.2. The normalized spacial score (nSPS) is 16.1. The molecule has 4 aromatic rings. The van der Waals surface area contributed by atoms with Crippen LogP contribution >= 0.6 is 0 Å². The van der Waals surface area contributed by atoms with Crippen molar-refractivity contribution in [2.24, 2.45) is 0 Å². The van der Waals surface area contributed by atoms with Crippen molar-refractivity contribution in [2.45, 2.75) is 12.5 Å². The Bertz CT molecular complexity index is 1170. The number of hydrogen-bond donors (Lipinski definition) is 0. The number of morpholine rings is 1. The van der Waals surface area contributed by atoms with E-state index in [0.717, 1.165) is 22.3 Å². The lowest BCUT2D eigenvalue weighted by Crippen LogP contribution is -2.44. The number of rotatable bonds is 5. The van der Waals surface area contributed by atoms with Gasteiger partial charge >= 0.3 is 0 Å². The Hall–Kier alpha value is -3.77. The molecule has 1 aliphatic rings. The molecule has 160 valence electrons. The number of carbonyl (C=O) groups excluding carboxylic acids is 1. The van der Waals surface area contributed by atoms with Crippen LogP contribution in [0.1, 0.15) is 17.5 Å². The average Bonchev–Trinajstić information content (AvgIpc) is 3.36. The van der Waals surface area contributed by atoms with E-state index >= 15 is 0 Å². The van der Waals surface area contributed by atoms with E-state index in [4.69, 9.17) is 9.26 Å². The minimum Gasteiger partial charge on any atom is -0.377 e. The Morgan fingerprint density at radius 2 is 1.53 bits per heavy atom. The van der Waals surface area contributed by atoms with Crippen molar-refractivity contribution in [3.8, 4) is 22.5 Å². The summed E-state index contributed by atoms with van der Waals surface area (Å²) < 4.78 is 11.1. The molecular formula is C26H23N3O3. The zero-order valence-electron chi connectivity index (χ0n) is 17.6. The van der Waals surface area contributed by atoms with Crippen LogP contribution in [0.2, 0.25) is 0 Å². The van der Waals surface area contributed by atoms with Crippen LogP contribution in [-0.2, 0) is 16.0 Å². The lowest BCUT2D eigenvalue weighted by atomic mass is 10.0. The van der Waals surface area contributed by atoms with Crippen LogP contribution in [0, 0.1) is 0 Å². The molecule has 0 saturated carbocycles. The average molecular weight is 425 g/mol. The first kappa shape index (κ1) is 20.2. The molecule has 5 rings (SSSR count). The molecule has 1 atom stereocenters. The van der Waals surface area contributed by atoms with Gasteiger partial charge in [0.15, 0.2) is 0 Å². The fourth-order valence-electron chi connectivity index (χ4n) is 3.90. The molecule has 6 nitrogen and oxygen atoms in total. The molecule has 6 heteroatoms. The van der Waals surface area contributed by atoms with Crippen LogP contribution in [-0.4, -0.2) is 40.7 Å². The van der Waals surface area contributed by atoms with Crippen molar-refractivity contribution in [1.29, 1.82) is 0 Å². The first-order valence-corrected chi connectivity index (χ1v) is 10.7. The second-order valence-electron chi connectivity index (χ2n) is 7.74. The van der Waals surface area contributed by atoms with E-state index in [-0.39, 0.29) is 11.9 Å². The van der Waals surface area contributed by atoms with Gasteiger partial charge in [0.25, 0.3) is 5.89 Å². The molecule has 0 bridgehead atoms. The van der Waals surface area contributed by atoms with Crippen molar-refractivity contribution in [1.82, 2.24) is 15.0 Å². The van der Waals surface area contributed by atoms with E-state index in [1.807, 2.05) is 60.7 Å². The summed E-state index contributed by atoms with van der Waals surface area (Å²) in [5.74, 6) is 0.927. The van der Waals surface area contributed by atoms with E-state index < -0.39 is 0 Å². The van der Waals surface area contributed by atoms with Gasteiger partial charge in [-0.05, 0) is 16.7 Å². The predicted molar refractivity (Wildman–Crippen MR) is 121 cm³/mol. The quantitative estimate of drug-likeness (QED) is 0.469. The van der Waals surface area contributed by atoms with Gasteiger partial charge in [0.2, 0.25) is 11.7 Å². The molecule has 1 fully saturated rings. The molecule has 0 unspecified atom stereocenters. The molecular weight excluding hydrogens is 402 g/mol. The zero-order chi connectivity index (χ0) is 21.8. The lowest BCUT2D eigenvalue weighted by molar-refractivity contribution is -0.140. The second kappa shape index (κ2) is 9.16. The molecule has 1 aliphatic heterocycles. The van der Waals surface area contributed by atoms with Gasteiger partial charge in [-0.3, -0.25) is 4.79 Å². The summed E-state index contributed by atoms with van der Waals surface area (Å²) in [6, 6.07) is 27.6. The van der Waals surface area contributed by atoms with Crippen molar-refractivity contribution >= 4 is 5.91 Å². The summed E-state index contributed by atoms with van der Waals surface area (Å²) >= 11 is 0. The Morgan fingerprint density at radius 3 is 2.25 bits per heavy atom. The number of amides is 1. The third-order valence-corrected chi connectivity index (χ3v) is 5.62. The van der Waals surface area contributed by atoms with E-state index in [1.165, 1.54) is 0 Å². The van der Waals surface area contributed by atoms with Crippen LogP contribution < -0.4 is 0 Å². The molecule has 0 N–H and O–H groups in total. The fourth-order valence-corrected chi connectivity index (χ4v) is 3.90. The monoisotopic (exact) mass is 425 g/mol. The van der Waals surface area contributed by atoms with Gasteiger partial charge in [0.1, 0.15) is 6.04 Å². The maximum Gasteiger partial charge on any atom is 0.252 e. The highest BCUT2D eigenvalue weighted by Gasteiger charge is 2.33. The minimum atomic E-state index is -0.384. The third-order valence-electron chi connectivity index (χ3n) is 5.62. The standard InChI is InChI=1S/C26H23N3O3/c30-24(17-19-11-13-21(14-12-19)20-7-3-1-4-8-20)29-15-16-31-18-23(29)26-27-25(28-32-26)22-9-5-2-6-10-22/h1-14,23H,15-18H2/t23-/m1/s1. The molecule has 1 saturated heterocycles. The van der Waals surface area contributed by atoms with Crippen molar-refractivity contribution in [3.63, 3.8) is 0 Å². The lowest BCUT2D eigenvalue weighted by Gasteiger charge is -2.33. The van der Waals surface area contributed by atoms with Crippen molar-refractivity contribution < 1.29 is 14.1 Å². The molecule has 3 aromatic carbocycles. The Morgan fingerprint density at radius 1 is 0.875 bits per heavy atom. The van der Waals surface area contributed by atoms with Crippen LogP contribution in [0.15, 0.2) is 89.5 Å². The molecule has 2 heterocycles. The van der Waals surface area contributed by atoms with Crippen LogP contribution in [0.3, 0.4) is 0 Å². The van der Waals surface area contributed by atoms with Gasteiger partial charge in [0.05, 0.1) is 19.6 Å². The summed E-state index contributed by atoms with van der Waals surface area (Å²) in [5, 5.41) is 4.10. The first-order valence-electron chi connectivity index (χ1n) is 10.7. The summed E-state index contributed by atoms with van der Waals surface area (Å²) in [6.07, 6.45) is 0.311. The van der Waals surface area contributed by atoms with Gasteiger partial charge in [0, 0.05) is 12.1 Å². The summed E-state index contributed by atoms with van der Waals surface area (Å²) in [7, 11) is 0. The Labute approximate surface area is 186 Å². The number of benzene rings is 3. The van der Waals surface area contributed by atoms with Gasteiger partial charge in [-0.2, -0.15) is 4.98 Å². The Balaban J connectivity index is 1.31. The highest BCUT2D eigenvalue weighted by molar-refractivity contribution is 5.79. The number of carbonyl (C=O) groups is 1. The number of nitrogens with zero attached hydrogens (tertiary/aromatic N) is 3. The summed E-state index contributed by atoms with van der Waals surface area (Å²) in [4.78, 5) is 19.5. The first-order chi connectivity index (χ1) is 15.8. The molecule has 32 heavy (non-hydrogen) atoms. The minimum absolute atomic E-state index is 0.0187. The fraction of sp³-hybridized carbons (Fsp3) is 0.192. The zero-order valence-corrected chi connectivity index (χ0v) is 17.6.